The Kier molecular flexibility index (Phi) is 5.01. The van der Waals surface area contributed by atoms with Gasteiger partial charge < -0.3 is 9.53 Å². The summed E-state index contributed by atoms with van der Waals surface area (Å²) < 4.78 is 5.08. The molecule has 0 spiro atoms. The van der Waals surface area contributed by atoms with Crippen LogP contribution >= 0.6 is 0 Å². The molecule has 0 aliphatic heterocycles. The number of hydrogen-bond donors (Lipinski definition) is 1. The quantitative estimate of drug-likeness (QED) is 0.751. The Morgan fingerprint density at radius 2 is 2.20 bits per heavy atom. The van der Waals surface area contributed by atoms with Gasteiger partial charge in [0.05, 0.1) is 12.7 Å². The molecule has 2 atom stereocenters. The van der Waals surface area contributed by atoms with Crippen LogP contribution < -0.4 is 0 Å². The summed E-state index contributed by atoms with van der Waals surface area (Å²) in [7, 11) is 0.694. The Balaban J connectivity index is 2.54. The normalized spacial score (nSPS) is 15.1. The van der Waals surface area contributed by atoms with Gasteiger partial charge in [0.1, 0.15) is 10.5 Å². The van der Waals surface area contributed by atoms with Crippen LogP contribution in [-0.4, -0.2) is 28.3 Å². The smallest absolute Gasteiger partial charge is 0.146 e. The SMILES string of the molecule is Cc1cccc(CC(C)C(O)CO[SiH3])c1. The number of rotatable bonds is 5. The van der Waals surface area contributed by atoms with Crippen LogP contribution in [0.4, 0.5) is 0 Å². The van der Waals surface area contributed by atoms with Gasteiger partial charge >= 0.3 is 0 Å². The molecule has 0 aromatic heterocycles. The van der Waals surface area contributed by atoms with Crippen molar-refractivity contribution in [2.45, 2.75) is 26.4 Å². The molecule has 2 nitrogen and oxygen atoms in total. The molecule has 3 heteroatoms. The largest absolute Gasteiger partial charge is 0.425 e. The summed E-state index contributed by atoms with van der Waals surface area (Å²) in [6.45, 7) is 4.62. The van der Waals surface area contributed by atoms with Gasteiger partial charge in [0.2, 0.25) is 0 Å². The van der Waals surface area contributed by atoms with E-state index in [1.54, 1.807) is 0 Å². The van der Waals surface area contributed by atoms with E-state index in [9.17, 15) is 5.11 Å². The van der Waals surface area contributed by atoms with Crippen LogP contribution in [-0.2, 0) is 10.8 Å². The van der Waals surface area contributed by atoms with E-state index < -0.39 is 0 Å². The van der Waals surface area contributed by atoms with Crippen molar-refractivity contribution in [3.63, 3.8) is 0 Å². The van der Waals surface area contributed by atoms with Crippen molar-refractivity contribution in [1.82, 2.24) is 0 Å². The molecule has 2 unspecified atom stereocenters. The zero-order valence-electron chi connectivity index (χ0n) is 9.73. The van der Waals surface area contributed by atoms with Gasteiger partial charge in [-0.3, -0.25) is 0 Å². The zero-order valence-corrected chi connectivity index (χ0v) is 11.7. The fourth-order valence-electron chi connectivity index (χ4n) is 1.68. The Morgan fingerprint density at radius 1 is 1.47 bits per heavy atom. The van der Waals surface area contributed by atoms with Crippen molar-refractivity contribution in [3.05, 3.63) is 35.4 Å². The van der Waals surface area contributed by atoms with Crippen LogP contribution in [0, 0.1) is 12.8 Å². The number of aliphatic hydroxyl groups excluding tert-OH is 1. The van der Waals surface area contributed by atoms with Crippen LogP contribution in [0.1, 0.15) is 18.1 Å². The molecule has 0 bridgehead atoms. The highest BCUT2D eigenvalue weighted by molar-refractivity contribution is 5.97. The van der Waals surface area contributed by atoms with Crippen molar-refractivity contribution in [3.8, 4) is 0 Å². The average molecular weight is 224 g/mol. The Morgan fingerprint density at radius 3 is 2.80 bits per heavy atom. The van der Waals surface area contributed by atoms with E-state index in [-0.39, 0.29) is 12.0 Å². The van der Waals surface area contributed by atoms with Crippen LogP contribution in [0.3, 0.4) is 0 Å². The van der Waals surface area contributed by atoms with Gasteiger partial charge in [-0.1, -0.05) is 36.8 Å². The molecule has 84 valence electrons. The molecule has 0 radical (unpaired) electrons. The maximum Gasteiger partial charge on any atom is 0.146 e. The zero-order chi connectivity index (χ0) is 11.3. The first-order valence-electron chi connectivity index (χ1n) is 5.36. The first-order valence-corrected chi connectivity index (χ1v) is 6.17. The van der Waals surface area contributed by atoms with E-state index in [0.29, 0.717) is 17.1 Å². The number of aliphatic hydroxyl groups is 1. The molecule has 0 saturated carbocycles. The maximum absolute atomic E-state index is 9.75. The summed E-state index contributed by atoms with van der Waals surface area (Å²) in [5, 5.41) is 9.75. The summed E-state index contributed by atoms with van der Waals surface area (Å²) in [6, 6.07) is 8.43. The molecule has 0 amide bonds. The lowest BCUT2D eigenvalue weighted by Gasteiger charge is -2.18. The third-order valence-corrected chi connectivity index (χ3v) is 2.97. The highest BCUT2D eigenvalue weighted by Crippen LogP contribution is 2.13. The second-order valence-electron chi connectivity index (χ2n) is 4.19. The number of hydrogen-bond acceptors (Lipinski definition) is 2. The summed E-state index contributed by atoms with van der Waals surface area (Å²) in [5.41, 5.74) is 2.56. The van der Waals surface area contributed by atoms with Gasteiger partial charge in [-0.25, -0.2) is 0 Å². The van der Waals surface area contributed by atoms with Gasteiger partial charge in [-0.15, -0.1) is 0 Å². The molecular formula is C12H20O2Si. The molecule has 1 rings (SSSR count). The lowest BCUT2D eigenvalue weighted by molar-refractivity contribution is 0.0673. The summed E-state index contributed by atoms with van der Waals surface area (Å²) in [4.78, 5) is 0. The number of aryl methyl sites for hydroxylation is 1. The van der Waals surface area contributed by atoms with Crippen molar-refractivity contribution < 1.29 is 9.53 Å². The third kappa shape index (κ3) is 4.16. The summed E-state index contributed by atoms with van der Waals surface area (Å²) >= 11 is 0. The second-order valence-corrected chi connectivity index (χ2v) is 4.77. The minimum absolute atomic E-state index is 0.251. The standard InChI is InChI=1S/C12H20O2Si/c1-9-4-3-5-11(6-9)7-10(2)12(13)8-14-15/h3-6,10,12-13H,7-8H2,1-2,15H3. The highest BCUT2D eigenvalue weighted by Gasteiger charge is 2.13. The van der Waals surface area contributed by atoms with Gasteiger partial charge in [0.25, 0.3) is 0 Å². The maximum atomic E-state index is 9.75. The van der Waals surface area contributed by atoms with Gasteiger partial charge in [0, 0.05) is 0 Å². The lowest BCUT2D eigenvalue weighted by Crippen LogP contribution is -2.24. The van der Waals surface area contributed by atoms with Crippen molar-refractivity contribution in [2.24, 2.45) is 5.92 Å². The minimum atomic E-state index is -0.344. The molecule has 15 heavy (non-hydrogen) atoms. The lowest BCUT2D eigenvalue weighted by atomic mass is 9.95. The van der Waals surface area contributed by atoms with Crippen molar-refractivity contribution in [1.29, 1.82) is 0 Å². The van der Waals surface area contributed by atoms with E-state index in [1.165, 1.54) is 11.1 Å². The summed E-state index contributed by atoms with van der Waals surface area (Å²) in [5.74, 6) is 0.251. The Hall–Kier alpha value is -0.643. The topological polar surface area (TPSA) is 29.5 Å². The monoisotopic (exact) mass is 224 g/mol. The second kappa shape index (κ2) is 6.05. The number of benzene rings is 1. The predicted molar refractivity (Wildman–Crippen MR) is 65.9 cm³/mol. The van der Waals surface area contributed by atoms with Crippen LogP contribution in [0.15, 0.2) is 24.3 Å². The van der Waals surface area contributed by atoms with E-state index in [1.807, 2.05) is 0 Å². The van der Waals surface area contributed by atoms with Gasteiger partial charge in [-0.05, 0) is 24.8 Å². The predicted octanol–water partition coefficient (Wildman–Crippen LogP) is 0.832. The van der Waals surface area contributed by atoms with Crippen LogP contribution in [0.25, 0.3) is 0 Å². The third-order valence-electron chi connectivity index (χ3n) is 2.63. The molecule has 1 aromatic carbocycles. The molecule has 0 fully saturated rings. The van der Waals surface area contributed by atoms with E-state index in [4.69, 9.17) is 4.43 Å². The first kappa shape index (κ1) is 12.4. The molecule has 0 aliphatic carbocycles. The van der Waals surface area contributed by atoms with Crippen LogP contribution in [0.5, 0.6) is 0 Å². The average Bonchev–Trinajstić information content (AvgIpc) is 2.18. The molecule has 0 heterocycles. The first-order chi connectivity index (χ1) is 7.13. The fourth-order valence-corrected chi connectivity index (χ4v) is 2.02. The van der Waals surface area contributed by atoms with Gasteiger partial charge in [-0.2, -0.15) is 0 Å². The van der Waals surface area contributed by atoms with E-state index in [2.05, 4.69) is 38.1 Å². The molecule has 0 aliphatic rings. The van der Waals surface area contributed by atoms with Crippen molar-refractivity contribution >= 4 is 10.5 Å². The van der Waals surface area contributed by atoms with Crippen LogP contribution in [0.2, 0.25) is 0 Å². The van der Waals surface area contributed by atoms with E-state index >= 15 is 0 Å². The molecule has 1 aromatic rings. The Bertz CT molecular complexity index is 301. The minimum Gasteiger partial charge on any atom is -0.425 e. The van der Waals surface area contributed by atoms with E-state index in [0.717, 1.165) is 6.42 Å². The molecule has 0 saturated heterocycles. The molecular weight excluding hydrogens is 204 g/mol. The van der Waals surface area contributed by atoms with Crippen molar-refractivity contribution in [2.75, 3.05) is 6.61 Å². The fraction of sp³-hybridized carbons (Fsp3) is 0.500. The van der Waals surface area contributed by atoms with Gasteiger partial charge in [0.15, 0.2) is 0 Å². The highest BCUT2D eigenvalue weighted by atomic mass is 28.2. The summed E-state index contributed by atoms with van der Waals surface area (Å²) in [6.07, 6.45) is 0.566. The Labute approximate surface area is 94.8 Å². The molecule has 1 N–H and O–H groups in total.